The summed E-state index contributed by atoms with van der Waals surface area (Å²) >= 11 is 0. The standard InChI is InChI=1S/C26H28N2O2/c29-26(28(23-12-4-1-5-13-23)24-14-6-2-7-15-24)22-11-10-16-25(21-22)30-20-19-27-17-8-3-9-18-27/h1-2,4-7,10-16,21H,3,8-9,17-20H2. The van der Waals surface area contributed by atoms with Gasteiger partial charge < -0.3 is 4.74 Å². The van der Waals surface area contributed by atoms with Crippen molar-refractivity contribution in [3.8, 4) is 5.75 Å². The molecule has 1 saturated heterocycles. The lowest BCUT2D eigenvalue weighted by atomic mass is 10.1. The Hall–Kier alpha value is -3.11. The number of likely N-dealkylation sites (tertiary alicyclic amines) is 1. The van der Waals surface area contributed by atoms with Crippen LogP contribution in [0.5, 0.6) is 5.75 Å². The molecule has 0 N–H and O–H groups in total. The predicted molar refractivity (Wildman–Crippen MR) is 122 cm³/mol. The molecule has 0 atom stereocenters. The van der Waals surface area contributed by atoms with Crippen LogP contribution in [0.4, 0.5) is 11.4 Å². The van der Waals surface area contributed by atoms with Crippen LogP contribution in [-0.4, -0.2) is 37.0 Å². The Balaban J connectivity index is 1.50. The summed E-state index contributed by atoms with van der Waals surface area (Å²) in [5, 5.41) is 0. The fourth-order valence-corrected chi connectivity index (χ4v) is 3.86. The number of anilines is 2. The molecule has 1 fully saturated rings. The average Bonchev–Trinajstić information content (AvgIpc) is 2.81. The highest BCUT2D eigenvalue weighted by molar-refractivity contribution is 6.11. The van der Waals surface area contributed by atoms with Crippen molar-refractivity contribution in [2.24, 2.45) is 0 Å². The largest absolute Gasteiger partial charge is 0.492 e. The summed E-state index contributed by atoms with van der Waals surface area (Å²) in [6, 6.07) is 27.0. The molecular weight excluding hydrogens is 372 g/mol. The monoisotopic (exact) mass is 400 g/mol. The quantitative estimate of drug-likeness (QED) is 0.523. The van der Waals surface area contributed by atoms with Gasteiger partial charge in [0.1, 0.15) is 12.4 Å². The second kappa shape index (κ2) is 10.1. The first-order chi connectivity index (χ1) is 14.8. The lowest BCUT2D eigenvalue weighted by Gasteiger charge is -2.26. The van der Waals surface area contributed by atoms with Gasteiger partial charge in [-0.2, -0.15) is 0 Å². The van der Waals surface area contributed by atoms with Crippen molar-refractivity contribution in [1.82, 2.24) is 4.90 Å². The van der Waals surface area contributed by atoms with Crippen LogP contribution in [0.25, 0.3) is 0 Å². The number of rotatable bonds is 7. The molecular formula is C26H28N2O2. The van der Waals surface area contributed by atoms with E-state index in [0.29, 0.717) is 12.2 Å². The molecule has 0 bridgehead atoms. The minimum atomic E-state index is -0.0751. The van der Waals surface area contributed by atoms with Crippen molar-refractivity contribution in [1.29, 1.82) is 0 Å². The Kier molecular flexibility index (Phi) is 6.78. The number of ether oxygens (including phenoxy) is 1. The van der Waals surface area contributed by atoms with E-state index in [2.05, 4.69) is 4.90 Å². The van der Waals surface area contributed by atoms with Crippen molar-refractivity contribution in [2.75, 3.05) is 31.1 Å². The molecule has 3 aromatic carbocycles. The lowest BCUT2D eigenvalue weighted by molar-refractivity contribution is 0.0998. The predicted octanol–water partition coefficient (Wildman–Crippen LogP) is 5.53. The second-order valence-corrected chi connectivity index (χ2v) is 7.59. The third kappa shape index (κ3) is 5.08. The van der Waals surface area contributed by atoms with Gasteiger partial charge in [-0.1, -0.05) is 48.9 Å². The van der Waals surface area contributed by atoms with Gasteiger partial charge in [0, 0.05) is 23.5 Å². The van der Waals surface area contributed by atoms with Crippen LogP contribution < -0.4 is 9.64 Å². The zero-order valence-electron chi connectivity index (χ0n) is 17.2. The molecule has 0 unspecified atom stereocenters. The molecule has 0 saturated carbocycles. The number of hydrogen-bond acceptors (Lipinski definition) is 3. The zero-order chi connectivity index (χ0) is 20.6. The Labute approximate surface area is 178 Å². The van der Waals surface area contributed by atoms with Crippen molar-refractivity contribution in [3.63, 3.8) is 0 Å². The maximum atomic E-state index is 13.5. The highest BCUT2D eigenvalue weighted by Gasteiger charge is 2.20. The van der Waals surface area contributed by atoms with Crippen LogP contribution >= 0.6 is 0 Å². The van der Waals surface area contributed by atoms with Crippen LogP contribution in [0, 0.1) is 0 Å². The van der Waals surface area contributed by atoms with E-state index in [1.165, 1.54) is 19.3 Å². The van der Waals surface area contributed by atoms with E-state index >= 15 is 0 Å². The molecule has 4 nitrogen and oxygen atoms in total. The van der Waals surface area contributed by atoms with Gasteiger partial charge in [0.05, 0.1) is 0 Å². The van der Waals surface area contributed by atoms with E-state index in [1.807, 2.05) is 84.9 Å². The summed E-state index contributed by atoms with van der Waals surface area (Å²) in [6.07, 6.45) is 3.89. The number of carbonyl (C=O) groups excluding carboxylic acids is 1. The Bertz CT molecular complexity index is 898. The van der Waals surface area contributed by atoms with Crippen molar-refractivity contribution >= 4 is 17.3 Å². The number of hydrogen-bond donors (Lipinski definition) is 0. The summed E-state index contributed by atoms with van der Waals surface area (Å²) in [4.78, 5) is 17.7. The molecule has 0 spiro atoms. The van der Waals surface area contributed by atoms with Gasteiger partial charge in [-0.05, 0) is 68.4 Å². The molecule has 0 aromatic heterocycles. The van der Waals surface area contributed by atoms with Crippen LogP contribution in [-0.2, 0) is 0 Å². The molecule has 1 aliphatic rings. The van der Waals surface area contributed by atoms with Gasteiger partial charge in [0.2, 0.25) is 0 Å². The molecule has 1 amide bonds. The number of para-hydroxylation sites is 2. The van der Waals surface area contributed by atoms with Crippen LogP contribution in [0.1, 0.15) is 29.6 Å². The number of nitrogens with zero attached hydrogens (tertiary/aromatic N) is 2. The number of carbonyl (C=O) groups is 1. The lowest BCUT2D eigenvalue weighted by Crippen LogP contribution is -2.33. The van der Waals surface area contributed by atoms with E-state index in [-0.39, 0.29) is 5.91 Å². The van der Waals surface area contributed by atoms with E-state index in [0.717, 1.165) is 36.8 Å². The van der Waals surface area contributed by atoms with E-state index in [1.54, 1.807) is 4.90 Å². The molecule has 1 aliphatic heterocycles. The fraction of sp³-hybridized carbons (Fsp3) is 0.269. The minimum absolute atomic E-state index is 0.0751. The zero-order valence-corrected chi connectivity index (χ0v) is 17.2. The van der Waals surface area contributed by atoms with Crippen molar-refractivity contribution < 1.29 is 9.53 Å². The van der Waals surface area contributed by atoms with Crippen LogP contribution in [0.2, 0.25) is 0 Å². The number of amides is 1. The smallest absolute Gasteiger partial charge is 0.262 e. The second-order valence-electron chi connectivity index (χ2n) is 7.59. The van der Waals surface area contributed by atoms with Gasteiger partial charge >= 0.3 is 0 Å². The first-order valence-electron chi connectivity index (χ1n) is 10.7. The van der Waals surface area contributed by atoms with E-state index in [9.17, 15) is 4.79 Å². The first-order valence-corrected chi connectivity index (χ1v) is 10.7. The van der Waals surface area contributed by atoms with Crippen molar-refractivity contribution in [3.05, 3.63) is 90.5 Å². The molecule has 4 rings (SSSR count). The molecule has 30 heavy (non-hydrogen) atoms. The minimum Gasteiger partial charge on any atom is -0.492 e. The van der Waals surface area contributed by atoms with Gasteiger partial charge in [-0.3, -0.25) is 14.6 Å². The SMILES string of the molecule is O=C(c1cccc(OCCN2CCCCC2)c1)N(c1ccccc1)c1ccccc1. The third-order valence-corrected chi connectivity index (χ3v) is 5.44. The maximum absolute atomic E-state index is 13.5. The topological polar surface area (TPSA) is 32.8 Å². The average molecular weight is 401 g/mol. The van der Waals surface area contributed by atoms with Gasteiger partial charge in [0.15, 0.2) is 0 Å². The number of piperidine rings is 1. The van der Waals surface area contributed by atoms with Gasteiger partial charge in [0.25, 0.3) is 5.91 Å². The Morgan fingerprint density at radius 3 is 2.07 bits per heavy atom. The summed E-state index contributed by atoms with van der Waals surface area (Å²) in [5.41, 5.74) is 2.29. The molecule has 3 aromatic rings. The normalized spacial score (nSPS) is 14.3. The molecule has 0 radical (unpaired) electrons. The maximum Gasteiger partial charge on any atom is 0.262 e. The molecule has 0 aliphatic carbocycles. The number of benzene rings is 3. The van der Waals surface area contributed by atoms with Crippen molar-refractivity contribution in [2.45, 2.75) is 19.3 Å². The van der Waals surface area contributed by atoms with Gasteiger partial charge in [-0.15, -0.1) is 0 Å². The van der Waals surface area contributed by atoms with E-state index < -0.39 is 0 Å². The highest BCUT2D eigenvalue weighted by Crippen LogP contribution is 2.28. The fourth-order valence-electron chi connectivity index (χ4n) is 3.86. The molecule has 1 heterocycles. The Morgan fingerprint density at radius 1 is 0.800 bits per heavy atom. The van der Waals surface area contributed by atoms with Gasteiger partial charge in [-0.25, -0.2) is 0 Å². The first kappa shape index (κ1) is 20.2. The highest BCUT2D eigenvalue weighted by atomic mass is 16.5. The summed E-state index contributed by atoms with van der Waals surface area (Å²) in [5.74, 6) is 0.660. The molecule has 4 heteroatoms. The summed E-state index contributed by atoms with van der Waals surface area (Å²) < 4.78 is 5.98. The van der Waals surface area contributed by atoms with Crippen LogP contribution in [0.15, 0.2) is 84.9 Å². The summed E-state index contributed by atoms with van der Waals surface area (Å²) in [7, 11) is 0. The molecule has 154 valence electrons. The van der Waals surface area contributed by atoms with Crippen LogP contribution in [0.3, 0.4) is 0 Å². The summed E-state index contributed by atoms with van der Waals surface area (Å²) in [6.45, 7) is 3.88. The van der Waals surface area contributed by atoms with E-state index in [4.69, 9.17) is 4.74 Å². The Morgan fingerprint density at radius 2 is 1.43 bits per heavy atom. The third-order valence-electron chi connectivity index (χ3n) is 5.44.